The summed E-state index contributed by atoms with van der Waals surface area (Å²) in [6, 6.07) is 0. The highest BCUT2D eigenvalue weighted by Gasteiger charge is 2.20. The molecule has 1 rings (SSSR count). The highest BCUT2D eigenvalue weighted by Crippen LogP contribution is 2.28. The highest BCUT2D eigenvalue weighted by atomic mass is 35.5. The zero-order valence-electron chi connectivity index (χ0n) is 6.26. The molecule has 1 aliphatic rings. The van der Waals surface area contributed by atoms with Crippen LogP contribution < -0.4 is 11.5 Å². The van der Waals surface area contributed by atoms with Gasteiger partial charge in [0.25, 0.3) is 0 Å². The fourth-order valence-corrected chi connectivity index (χ4v) is 0.802. The Kier molecular flexibility index (Phi) is 2.76. The second kappa shape index (κ2) is 3.62. The zero-order chi connectivity index (χ0) is 8.27. The molecule has 4 N–H and O–H groups in total. The lowest BCUT2D eigenvalue weighted by molar-refractivity contribution is 0.850. The molecule has 1 saturated carbocycles. The molecule has 0 unspecified atom stereocenters. The molecular formula is C7H12ClN3. The van der Waals surface area contributed by atoms with Gasteiger partial charge in [0, 0.05) is 12.7 Å². The molecule has 0 heterocycles. The topological polar surface area (TPSA) is 64.4 Å². The number of rotatable bonds is 3. The number of nitrogens with zero attached hydrogens (tertiary/aromatic N) is 1. The van der Waals surface area contributed by atoms with E-state index >= 15 is 0 Å². The lowest BCUT2D eigenvalue weighted by atomic mass is 10.4. The molecule has 0 saturated heterocycles. The second-order valence-corrected chi connectivity index (χ2v) is 3.05. The van der Waals surface area contributed by atoms with E-state index < -0.39 is 0 Å². The van der Waals surface area contributed by atoms with E-state index in [1.165, 1.54) is 19.0 Å². The lowest BCUT2D eigenvalue weighted by Crippen LogP contribution is -2.08. The van der Waals surface area contributed by atoms with Crippen molar-refractivity contribution in [3.8, 4) is 0 Å². The molecule has 0 bridgehead atoms. The molecule has 0 aliphatic heterocycles. The number of nitrogens with two attached hydrogens (primary N) is 2. The molecule has 1 fully saturated rings. The smallest absolute Gasteiger partial charge is 0.148 e. The summed E-state index contributed by atoms with van der Waals surface area (Å²) in [5.74, 6) is 0.731. The fourth-order valence-electron chi connectivity index (χ4n) is 0.670. The average Bonchev–Trinajstić information content (AvgIpc) is 2.81. The van der Waals surface area contributed by atoms with Crippen molar-refractivity contribution in [2.45, 2.75) is 12.8 Å². The Morgan fingerprint density at radius 2 is 2.27 bits per heavy atom. The SMILES string of the molecule is NC=C(N)C(Cl)=NCC1CC1. The van der Waals surface area contributed by atoms with Crippen molar-refractivity contribution >= 4 is 16.8 Å². The Morgan fingerprint density at radius 3 is 2.73 bits per heavy atom. The van der Waals surface area contributed by atoms with E-state index in [0.29, 0.717) is 10.9 Å². The van der Waals surface area contributed by atoms with Crippen LogP contribution in [0.1, 0.15) is 12.8 Å². The van der Waals surface area contributed by atoms with Crippen LogP contribution in [0, 0.1) is 5.92 Å². The van der Waals surface area contributed by atoms with Gasteiger partial charge in [-0.2, -0.15) is 0 Å². The van der Waals surface area contributed by atoms with E-state index in [4.69, 9.17) is 23.1 Å². The fraction of sp³-hybridized carbons (Fsp3) is 0.571. The molecule has 3 nitrogen and oxygen atoms in total. The van der Waals surface area contributed by atoms with Crippen LogP contribution in [0.3, 0.4) is 0 Å². The molecule has 1 aliphatic carbocycles. The van der Waals surface area contributed by atoms with E-state index in [9.17, 15) is 0 Å². The number of aliphatic imine (C=N–C) groups is 1. The van der Waals surface area contributed by atoms with Gasteiger partial charge in [-0.15, -0.1) is 0 Å². The van der Waals surface area contributed by atoms with Crippen molar-refractivity contribution in [2.75, 3.05) is 6.54 Å². The maximum atomic E-state index is 5.68. The van der Waals surface area contributed by atoms with Crippen molar-refractivity contribution in [3.05, 3.63) is 11.9 Å². The van der Waals surface area contributed by atoms with Gasteiger partial charge in [0.2, 0.25) is 0 Å². The van der Waals surface area contributed by atoms with Gasteiger partial charge in [0.05, 0.1) is 5.70 Å². The predicted octanol–water partition coefficient (Wildman–Crippen LogP) is 0.792. The lowest BCUT2D eigenvalue weighted by Gasteiger charge is -1.95. The second-order valence-electron chi connectivity index (χ2n) is 2.70. The molecule has 0 atom stereocenters. The average molecular weight is 174 g/mol. The molecule has 0 aromatic heterocycles. The van der Waals surface area contributed by atoms with Gasteiger partial charge < -0.3 is 11.5 Å². The van der Waals surface area contributed by atoms with Crippen molar-refractivity contribution in [1.82, 2.24) is 0 Å². The third kappa shape index (κ3) is 2.80. The predicted molar refractivity (Wildman–Crippen MR) is 47.3 cm³/mol. The molecule has 4 heteroatoms. The van der Waals surface area contributed by atoms with Gasteiger partial charge in [0.15, 0.2) is 0 Å². The molecule has 0 amide bonds. The molecule has 0 spiro atoms. The Labute approximate surface area is 71.1 Å². The summed E-state index contributed by atoms with van der Waals surface area (Å²) >= 11 is 5.68. The van der Waals surface area contributed by atoms with Gasteiger partial charge in [-0.05, 0) is 18.8 Å². The summed E-state index contributed by atoms with van der Waals surface area (Å²) in [6.07, 6.45) is 3.79. The standard InChI is InChI=1S/C7H12ClN3/c8-7(6(10)3-9)11-4-5-1-2-5/h3,5H,1-2,4,9-10H2. The maximum Gasteiger partial charge on any atom is 0.148 e. The quantitative estimate of drug-likeness (QED) is 0.620. The first-order valence-electron chi connectivity index (χ1n) is 3.61. The third-order valence-corrected chi connectivity index (χ3v) is 1.94. The Morgan fingerprint density at radius 1 is 1.64 bits per heavy atom. The first kappa shape index (κ1) is 8.40. The zero-order valence-corrected chi connectivity index (χ0v) is 7.01. The maximum absolute atomic E-state index is 5.68. The molecule has 11 heavy (non-hydrogen) atoms. The van der Waals surface area contributed by atoms with Crippen LogP contribution in [0.15, 0.2) is 16.9 Å². The summed E-state index contributed by atoms with van der Waals surface area (Å²) in [4.78, 5) is 4.07. The minimum atomic E-state index is 0.333. The van der Waals surface area contributed by atoms with Crippen molar-refractivity contribution in [2.24, 2.45) is 22.4 Å². The molecule has 0 radical (unpaired) electrons. The van der Waals surface area contributed by atoms with Gasteiger partial charge in [-0.1, -0.05) is 11.6 Å². The van der Waals surface area contributed by atoms with Crippen LogP contribution in [0.2, 0.25) is 0 Å². The third-order valence-electron chi connectivity index (χ3n) is 1.60. The van der Waals surface area contributed by atoms with Crippen LogP contribution >= 0.6 is 11.6 Å². The first-order valence-corrected chi connectivity index (χ1v) is 3.99. The van der Waals surface area contributed by atoms with Crippen LogP contribution in [0.4, 0.5) is 0 Å². The minimum absolute atomic E-state index is 0.333. The van der Waals surface area contributed by atoms with Crippen molar-refractivity contribution in [1.29, 1.82) is 0 Å². The Bertz CT molecular complexity index is 194. The van der Waals surface area contributed by atoms with E-state index in [0.717, 1.165) is 12.5 Å². The van der Waals surface area contributed by atoms with Gasteiger partial charge in [-0.25, -0.2) is 0 Å². The van der Waals surface area contributed by atoms with E-state index in [-0.39, 0.29) is 0 Å². The highest BCUT2D eigenvalue weighted by molar-refractivity contribution is 6.69. The number of hydrogen-bond donors (Lipinski definition) is 2. The number of hydrogen-bond acceptors (Lipinski definition) is 3. The Hall–Kier alpha value is -0.700. The van der Waals surface area contributed by atoms with Crippen molar-refractivity contribution < 1.29 is 0 Å². The minimum Gasteiger partial charge on any atom is -0.403 e. The van der Waals surface area contributed by atoms with Gasteiger partial charge in [-0.3, -0.25) is 4.99 Å². The summed E-state index contributed by atoms with van der Waals surface area (Å²) in [6.45, 7) is 0.785. The monoisotopic (exact) mass is 173 g/mol. The number of allylic oxidation sites excluding steroid dienone is 1. The van der Waals surface area contributed by atoms with Crippen LogP contribution in [-0.2, 0) is 0 Å². The molecular weight excluding hydrogens is 162 g/mol. The summed E-state index contributed by atoms with van der Waals surface area (Å²) in [5.41, 5.74) is 10.9. The summed E-state index contributed by atoms with van der Waals surface area (Å²) < 4.78 is 0. The first-order chi connectivity index (χ1) is 5.24. The molecule has 0 aromatic carbocycles. The molecule has 62 valence electrons. The van der Waals surface area contributed by atoms with Crippen LogP contribution in [0.5, 0.6) is 0 Å². The summed E-state index contributed by atoms with van der Waals surface area (Å²) in [7, 11) is 0. The van der Waals surface area contributed by atoms with Gasteiger partial charge >= 0.3 is 0 Å². The Balaban J connectivity index is 2.36. The van der Waals surface area contributed by atoms with E-state index in [1.54, 1.807) is 0 Å². The van der Waals surface area contributed by atoms with E-state index in [1.807, 2.05) is 0 Å². The van der Waals surface area contributed by atoms with Crippen LogP contribution in [-0.4, -0.2) is 11.7 Å². The van der Waals surface area contributed by atoms with E-state index in [2.05, 4.69) is 4.99 Å². The van der Waals surface area contributed by atoms with Crippen molar-refractivity contribution in [3.63, 3.8) is 0 Å². The number of halogens is 1. The normalized spacial score (nSPS) is 20.5. The van der Waals surface area contributed by atoms with Crippen LogP contribution in [0.25, 0.3) is 0 Å². The largest absolute Gasteiger partial charge is 0.403 e. The summed E-state index contributed by atoms with van der Waals surface area (Å²) in [5, 5.41) is 0.333. The molecule has 0 aromatic rings. The van der Waals surface area contributed by atoms with Gasteiger partial charge in [0.1, 0.15) is 5.17 Å².